The fraction of sp³-hybridized carbons (Fsp3) is 0.118. The second-order valence-corrected chi connectivity index (χ2v) is 5.23. The first-order chi connectivity index (χ1) is 11.5. The van der Waals surface area contributed by atoms with E-state index in [1.54, 1.807) is 24.3 Å². The number of hydrogen-bond acceptors (Lipinski definition) is 4. The summed E-state index contributed by atoms with van der Waals surface area (Å²) in [5.41, 5.74) is 1.07. The number of anilines is 2. The maximum Gasteiger partial charge on any atom is 0.337 e. The van der Waals surface area contributed by atoms with Gasteiger partial charge < -0.3 is 15.4 Å². The molecule has 24 heavy (non-hydrogen) atoms. The van der Waals surface area contributed by atoms with E-state index < -0.39 is 17.8 Å². The predicted octanol–water partition coefficient (Wildman–Crippen LogP) is 3.09. The zero-order valence-electron chi connectivity index (χ0n) is 12.8. The van der Waals surface area contributed by atoms with Gasteiger partial charge in [0.1, 0.15) is 6.42 Å². The molecule has 0 aliphatic carbocycles. The minimum Gasteiger partial charge on any atom is -0.465 e. The highest BCUT2D eigenvalue weighted by Crippen LogP contribution is 2.23. The normalized spacial score (nSPS) is 9.92. The fourth-order valence-corrected chi connectivity index (χ4v) is 2.10. The van der Waals surface area contributed by atoms with Crippen LogP contribution in [0.4, 0.5) is 11.4 Å². The van der Waals surface area contributed by atoms with Crippen molar-refractivity contribution in [1.29, 1.82) is 0 Å². The Morgan fingerprint density at radius 2 is 1.67 bits per heavy atom. The molecule has 0 atom stereocenters. The molecule has 2 rings (SSSR count). The molecule has 2 amide bonds. The Morgan fingerprint density at radius 3 is 2.33 bits per heavy atom. The summed E-state index contributed by atoms with van der Waals surface area (Å²) in [7, 11) is 1.25. The molecule has 2 aromatic carbocycles. The van der Waals surface area contributed by atoms with Gasteiger partial charge in [-0.3, -0.25) is 9.59 Å². The molecular weight excluding hydrogens is 332 g/mol. The molecule has 0 unspecified atom stereocenters. The van der Waals surface area contributed by atoms with E-state index in [1.165, 1.54) is 25.3 Å². The molecule has 0 aliphatic heterocycles. The van der Waals surface area contributed by atoms with Crippen molar-refractivity contribution in [1.82, 2.24) is 0 Å². The number of para-hydroxylation sites is 1. The van der Waals surface area contributed by atoms with Gasteiger partial charge in [0.05, 0.1) is 23.4 Å². The Hall–Kier alpha value is -2.86. The number of ether oxygens (including phenoxy) is 1. The highest BCUT2D eigenvalue weighted by atomic mass is 35.5. The van der Waals surface area contributed by atoms with Crippen LogP contribution in [0.3, 0.4) is 0 Å². The SMILES string of the molecule is COC(=O)c1ccc(Cl)c(NC(=O)CC(=O)Nc2ccccc2)c1. The van der Waals surface area contributed by atoms with Crippen molar-refractivity contribution in [2.75, 3.05) is 17.7 Å². The maximum absolute atomic E-state index is 12.0. The maximum atomic E-state index is 12.0. The summed E-state index contributed by atoms with van der Waals surface area (Å²) in [5.74, 6) is -1.56. The lowest BCUT2D eigenvalue weighted by Gasteiger charge is -2.09. The van der Waals surface area contributed by atoms with Gasteiger partial charge in [0.15, 0.2) is 0 Å². The van der Waals surface area contributed by atoms with Crippen LogP contribution in [0.5, 0.6) is 0 Å². The Bertz CT molecular complexity index is 762. The lowest BCUT2D eigenvalue weighted by molar-refractivity contribution is -0.123. The quantitative estimate of drug-likeness (QED) is 0.643. The zero-order valence-corrected chi connectivity index (χ0v) is 13.6. The van der Waals surface area contributed by atoms with Crippen molar-refractivity contribution in [3.63, 3.8) is 0 Å². The van der Waals surface area contributed by atoms with Crippen LogP contribution >= 0.6 is 11.6 Å². The third-order valence-corrected chi connectivity index (χ3v) is 3.37. The van der Waals surface area contributed by atoms with E-state index >= 15 is 0 Å². The first kappa shape index (κ1) is 17.5. The number of rotatable bonds is 5. The van der Waals surface area contributed by atoms with Crippen LogP contribution in [0.2, 0.25) is 5.02 Å². The number of carbonyl (C=O) groups excluding carboxylic acids is 3. The molecule has 6 nitrogen and oxygen atoms in total. The van der Waals surface area contributed by atoms with Gasteiger partial charge in [0.2, 0.25) is 11.8 Å². The second kappa shape index (κ2) is 8.12. The number of methoxy groups -OCH3 is 1. The van der Waals surface area contributed by atoms with E-state index in [0.29, 0.717) is 5.69 Å². The molecule has 0 aliphatic rings. The molecule has 124 valence electrons. The van der Waals surface area contributed by atoms with Crippen LogP contribution < -0.4 is 10.6 Å². The van der Waals surface area contributed by atoms with Gasteiger partial charge in [-0.25, -0.2) is 4.79 Å². The molecule has 2 aromatic rings. The topological polar surface area (TPSA) is 84.5 Å². The number of amides is 2. The summed E-state index contributed by atoms with van der Waals surface area (Å²) >= 11 is 5.99. The minimum absolute atomic E-state index is 0.233. The molecule has 0 radical (unpaired) electrons. The standard InChI is InChI=1S/C17H15ClN2O4/c1-24-17(23)11-7-8-13(18)14(9-11)20-16(22)10-15(21)19-12-5-3-2-4-6-12/h2-9H,10H2,1H3,(H,19,21)(H,20,22). The van der Waals surface area contributed by atoms with Gasteiger partial charge in [-0.05, 0) is 30.3 Å². The predicted molar refractivity (Wildman–Crippen MR) is 91.1 cm³/mol. The highest BCUT2D eigenvalue weighted by Gasteiger charge is 2.14. The Morgan fingerprint density at radius 1 is 1.00 bits per heavy atom. The number of benzene rings is 2. The van der Waals surface area contributed by atoms with E-state index in [9.17, 15) is 14.4 Å². The average Bonchev–Trinajstić information content (AvgIpc) is 2.56. The summed E-state index contributed by atoms with van der Waals surface area (Å²) < 4.78 is 4.61. The van der Waals surface area contributed by atoms with Gasteiger partial charge in [-0.2, -0.15) is 0 Å². The van der Waals surface area contributed by atoms with Crippen molar-refractivity contribution >= 4 is 40.8 Å². The van der Waals surface area contributed by atoms with Gasteiger partial charge in [-0.15, -0.1) is 0 Å². The third-order valence-electron chi connectivity index (χ3n) is 3.04. The number of halogens is 1. The van der Waals surface area contributed by atoms with E-state index in [0.717, 1.165) is 0 Å². The van der Waals surface area contributed by atoms with Crippen molar-refractivity contribution in [2.45, 2.75) is 6.42 Å². The van der Waals surface area contributed by atoms with Crippen LogP contribution in [0, 0.1) is 0 Å². The van der Waals surface area contributed by atoms with Crippen molar-refractivity contribution in [3.05, 3.63) is 59.1 Å². The first-order valence-electron chi connectivity index (χ1n) is 7.02. The summed E-state index contributed by atoms with van der Waals surface area (Å²) in [6, 6.07) is 13.1. The molecule has 0 fully saturated rings. The third kappa shape index (κ3) is 4.82. The number of carbonyl (C=O) groups is 3. The van der Waals surface area contributed by atoms with E-state index in [1.807, 2.05) is 6.07 Å². The summed E-state index contributed by atoms with van der Waals surface area (Å²) in [6.07, 6.45) is -0.381. The van der Waals surface area contributed by atoms with E-state index in [-0.39, 0.29) is 22.7 Å². The summed E-state index contributed by atoms with van der Waals surface area (Å²) in [4.78, 5) is 35.3. The second-order valence-electron chi connectivity index (χ2n) is 4.83. The molecule has 0 bridgehead atoms. The molecule has 0 saturated carbocycles. The highest BCUT2D eigenvalue weighted by molar-refractivity contribution is 6.34. The van der Waals surface area contributed by atoms with Crippen LogP contribution in [0.15, 0.2) is 48.5 Å². The Kier molecular flexibility index (Phi) is 5.92. The van der Waals surface area contributed by atoms with Gasteiger partial charge in [0.25, 0.3) is 0 Å². The van der Waals surface area contributed by atoms with Crippen LogP contribution in [-0.4, -0.2) is 24.9 Å². The molecule has 0 saturated heterocycles. The molecular formula is C17H15ClN2O4. The Labute approximate surface area is 143 Å². The lowest BCUT2D eigenvalue weighted by atomic mass is 10.2. The molecule has 0 heterocycles. The zero-order chi connectivity index (χ0) is 17.5. The monoisotopic (exact) mass is 346 g/mol. The molecule has 0 aromatic heterocycles. The summed E-state index contributed by atoms with van der Waals surface area (Å²) in [6.45, 7) is 0. The van der Waals surface area contributed by atoms with Crippen molar-refractivity contribution in [2.24, 2.45) is 0 Å². The molecule has 7 heteroatoms. The van der Waals surface area contributed by atoms with Gasteiger partial charge in [-0.1, -0.05) is 29.8 Å². The number of esters is 1. The van der Waals surface area contributed by atoms with E-state index in [4.69, 9.17) is 11.6 Å². The van der Waals surface area contributed by atoms with Crippen LogP contribution in [0.25, 0.3) is 0 Å². The van der Waals surface area contributed by atoms with Gasteiger partial charge in [0, 0.05) is 5.69 Å². The number of nitrogens with one attached hydrogen (secondary N) is 2. The van der Waals surface area contributed by atoms with Crippen LogP contribution in [-0.2, 0) is 14.3 Å². The first-order valence-corrected chi connectivity index (χ1v) is 7.40. The minimum atomic E-state index is -0.552. The molecule has 2 N–H and O–H groups in total. The van der Waals surface area contributed by atoms with Gasteiger partial charge >= 0.3 is 5.97 Å². The smallest absolute Gasteiger partial charge is 0.337 e. The largest absolute Gasteiger partial charge is 0.465 e. The van der Waals surface area contributed by atoms with Crippen molar-refractivity contribution in [3.8, 4) is 0 Å². The van der Waals surface area contributed by atoms with E-state index in [2.05, 4.69) is 15.4 Å². The number of hydrogen-bond donors (Lipinski definition) is 2. The average molecular weight is 347 g/mol. The lowest BCUT2D eigenvalue weighted by Crippen LogP contribution is -2.21. The summed E-state index contributed by atoms with van der Waals surface area (Å²) in [5, 5.41) is 5.36. The fourth-order valence-electron chi connectivity index (χ4n) is 1.93. The molecule has 0 spiro atoms. The van der Waals surface area contributed by atoms with Crippen LogP contribution in [0.1, 0.15) is 16.8 Å². The Balaban J connectivity index is 1.99. The van der Waals surface area contributed by atoms with Crippen molar-refractivity contribution < 1.29 is 19.1 Å².